The molecule has 6 heteroatoms. The summed E-state index contributed by atoms with van der Waals surface area (Å²) in [7, 11) is 0. The van der Waals surface area contributed by atoms with Gasteiger partial charge in [-0.05, 0) is 56.0 Å². The van der Waals surface area contributed by atoms with Crippen LogP contribution in [0.5, 0.6) is 0 Å². The molecule has 116 valence electrons. The predicted molar refractivity (Wildman–Crippen MR) is 90.0 cm³/mol. The van der Waals surface area contributed by atoms with E-state index < -0.39 is 0 Å². The Bertz CT molecular complexity index is 697. The van der Waals surface area contributed by atoms with E-state index in [1.54, 1.807) is 12.1 Å². The molecule has 0 aliphatic carbocycles. The zero-order valence-corrected chi connectivity index (χ0v) is 15.0. The summed E-state index contributed by atoms with van der Waals surface area (Å²) in [5, 5.41) is 0. The number of amides is 1. The zero-order chi connectivity index (χ0) is 15.7. The highest BCUT2D eigenvalue weighted by Gasteiger charge is 2.24. The molecule has 3 rings (SSSR count). The molecule has 0 fully saturated rings. The normalized spacial score (nSPS) is 14.0. The molecule has 0 saturated carbocycles. The SMILES string of the molecule is O=C(CCc1ccc(F)cc1)N1CCc2[nH]c(Br)c(Br)c2C1. The van der Waals surface area contributed by atoms with Crippen molar-refractivity contribution in [3.8, 4) is 0 Å². The number of carbonyl (C=O) groups is 1. The molecule has 1 aliphatic heterocycles. The van der Waals surface area contributed by atoms with Gasteiger partial charge in [0.15, 0.2) is 0 Å². The Morgan fingerprint density at radius 3 is 2.73 bits per heavy atom. The summed E-state index contributed by atoms with van der Waals surface area (Å²) in [6.45, 7) is 1.36. The fourth-order valence-electron chi connectivity index (χ4n) is 2.70. The van der Waals surface area contributed by atoms with E-state index in [0.717, 1.165) is 33.2 Å². The van der Waals surface area contributed by atoms with E-state index in [4.69, 9.17) is 0 Å². The quantitative estimate of drug-likeness (QED) is 0.779. The summed E-state index contributed by atoms with van der Waals surface area (Å²) in [6.07, 6.45) is 1.92. The van der Waals surface area contributed by atoms with Crippen LogP contribution >= 0.6 is 31.9 Å². The third-order valence-electron chi connectivity index (χ3n) is 3.96. The van der Waals surface area contributed by atoms with Crippen molar-refractivity contribution >= 4 is 37.8 Å². The predicted octanol–water partition coefficient (Wildman–Crippen LogP) is 4.20. The lowest BCUT2D eigenvalue weighted by Gasteiger charge is -2.27. The number of carbonyl (C=O) groups excluding carboxylic acids is 1. The molecule has 22 heavy (non-hydrogen) atoms. The molecule has 2 aromatic rings. The lowest BCUT2D eigenvalue weighted by molar-refractivity contribution is -0.132. The maximum atomic E-state index is 12.9. The number of hydrogen-bond acceptors (Lipinski definition) is 1. The maximum absolute atomic E-state index is 12.9. The third-order valence-corrected chi connectivity index (χ3v) is 5.96. The molecule has 3 nitrogen and oxygen atoms in total. The maximum Gasteiger partial charge on any atom is 0.223 e. The highest BCUT2D eigenvalue weighted by molar-refractivity contribution is 9.13. The first-order chi connectivity index (χ1) is 10.5. The summed E-state index contributed by atoms with van der Waals surface area (Å²) in [5.41, 5.74) is 3.31. The molecule has 1 aromatic heterocycles. The first-order valence-electron chi connectivity index (χ1n) is 7.11. The van der Waals surface area contributed by atoms with Crippen molar-refractivity contribution in [3.63, 3.8) is 0 Å². The molecular formula is C16H15Br2FN2O. The number of rotatable bonds is 3. The molecule has 0 atom stereocenters. The first-order valence-corrected chi connectivity index (χ1v) is 8.70. The highest BCUT2D eigenvalue weighted by Crippen LogP contribution is 2.33. The minimum absolute atomic E-state index is 0.138. The molecule has 0 spiro atoms. The van der Waals surface area contributed by atoms with Crippen molar-refractivity contribution in [1.29, 1.82) is 0 Å². The van der Waals surface area contributed by atoms with Crippen LogP contribution in [-0.2, 0) is 24.2 Å². The summed E-state index contributed by atoms with van der Waals surface area (Å²) >= 11 is 7.01. The number of benzene rings is 1. The smallest absolute Gasteiger partial charge is 0.223 e. The van der Waals surface area contributed by atoms with E-state index in [9.17, 15) is 9.18 Å². The van der Waals surface area contributed by atoms with Gasteiger partial charge in [0, 0.05) is 37.2 Å². The number of nitrogens with one attached hydrogen (secondary N) is 1. The Balaban J connectivity index is 1.61. The summed E-state index contributed by atoms with van der Waals surface area (Å²) in [4.78, 5) is 17.6. The molecule has 0 radical (unpaired) electrons. The van der Waals surface area contributed by atoms with Gasteiger partial charge in [0.25, 0.3) is 0 Å². The summed E-state index contributed by atoms with van der Waals surface area (Å²) < 4.78 is 14.8. The second kappa shape index (κ2) is 6.54. The minimum atomic E-state index is -0.249. The monoisotopic (exact) mass is 428 g/mol. The van der Waals surface area contributed by atoms with Crippen LogP contribution in [0.25, 0.3) is 0 Å². The van der Waals surface area contributed by atoms with Gasteiger partial charge in [-0.25, -0.2) is 4.39 Å². The fourth-order valence-corrected chi connectivity index (χ4v) is 3.64. The second-order valence-electron chi connectivity index (χ2n) is 5.40. The third kappa shape index (κ3) is 3.27. The van der Waals surface area contributed by atoms with Gasteiger partial charge in [0.2, 0.25) is 5.91 Å². The van der Waals surface area contributed by atoms with Gasteiger partial charge in [-0.2, -0.15) is 0 Å². The number of nitrogens with zero attached hydrogens (tertiary/aromatic N) is 1. The second-order valence-corrected chi connectivity index (χ2v) is 6.99. The number of aromatic amines is 1. The lowest BCUT2D eigenvalue weighted by Crippen LogP contribution is -2.36. The van der Waals surface area contributed by atoms with E-state index in [0.29, 0.717) is 19.4 Å². The molecule has 2 heterocycles. The van der Waals surface area contributed by atoms with Crippen LogP contribution in [-0.4, -0.2) is 22.3 Å². The van der Waals surface area contributed by atoms with E-state index in [2.05, 4.69) is 36.8 Å². The lowest BCUT2D eigenvalue weighted by atomic mass is 10.1. The van der Waals surface area contributed by atoms with E-state index in [1.807, 2.05) is 4.90 Å². The fraction of sp³-hybridized carbons (Fsp3) is 0.312. The van der Waals surface area contributed by atoms with E-state index in [1.165, 1.54) is 17.8 Å². The van der Waals surface area contributed by atoms with Crippen molar-refractivity contribution in [2.45, 2.75) is 25.8 Å². The number of aryl methyl sites for hydroxylation is 1. The standard InChI is InChI=1S/C16H15Br2FN2O/c17-15-12-9-21(8-7-13(12)20-16(15)18)14(22)6-3-10-1-4-11(19)5-2-10/h1-2,4-5,20H,3,6-9H2. The van der Waals surface area contributed by atoms with Crippen molar-refractivity contribution < 1.29 is 9.18 Å². The molecule has 0 bridgehead atoms. The summed E-state index contributed by atoms with van der Waals surface area (Å²) in [5.74, 6) is -0.110. The van der Waals surface area contributed by atoms with E-state index in [-0.39, 0.29) is 11.7 Å². The van der Waals surface area contributed by atoms with Crippen LogP contribution in [0.4, 0.5) is 4.39 Å². The average Bonchev–Trinajstić information content (AvgIpc) is 2.81. The van der Waals surface area contributed by atoms with Gasteiger partial charge in [-0.1, -0.05) is 12.1 Å². The molecule has 0 saturated heterocycles. The van der Waals surface area contributed by atoms with Crippen molar-refractivity contribution in [2.75, 3.05) is 6.54 Å². The van der Waals surface area contributed by atoms with Crippen LogP contribution in [0.2, 0.25) is 0 Å². The Labute approximate surface area is 145 Å². The molecule has 0 unspecified atom stereocenters. The Morgan fingerprint density at radius 1 is 1.27 bits per heavy atom. The first kappa shape index (κ1) is 15.7. The van der Waals surface area contributed by atoms with Crippen LogP contribution < -0.4 is 0 Å². The molecule has 1 N–H and O–H groups in total. The number of fused-ring (bicyclic) bond motifs is 1. The Hall–Kier alpha value is -1.14. The van der Waals surface area contributed by atoms with Crippen molar-refractivity contribution in [1.82, 2.24) is 9.88 Å². The number of H-pyrrole nitrogens is 1. The Morgan fingerprint density at radius 2 is 2.00 bits per heavy atom. The number of hydrogen-bond donors (Lipinski definition) is 1. The van der Waals surface area contributed by atoms with Gasteiger partial charge in [0.05, 0.1) is 9.08 Å². The molecular weight excluding hydrogens is 415 g/mol. The van der Waals surface area contributed by atoms with Gasteiger partial charge < -0.3 is 9.88 Å². The topological polar surface area (TPSA) is 36.1 Å². The van der Waals surface area contributed by atoms with Crippen LogP contribution in [0, 0.1) is 5.82 Å². The zero-order valence-electron chi connectivity index (χ0n) is 11.8. The van der Waals surface area contributed by atoms with Crippen molar-refractivity contribution in [3.05, 3.63) is 56.0 Å². The van der Waals surface area contributed by atoms with E-state index >= 15 is 0 Å². The largest absolute Gasteiger partial charge is 0.352 e. The average molecular weight is 430 g/mol. The highest BCUT2D eigenvalue weighted by atomic mass is 79.9. The van der Waals surface area contributed by atoms with Gasteiger partial charge in [-0.3, -0.25) is 4.79 Å². The van der Waals surface area contributed by atoms with Crippen LogP contribution in [0.15, 0.2) is 33.3 Å². The Kier molecular flexibility index (Phi) is 4.68. The number of aromatic nitrogens is 1. The van der Waals surface area contributed by atoms with Crippen molar-refractivity contribution in [2.24, 2.45) is 0 Å². The van der Waals surface area contributed by atoms with Gasteiger partial charge in [-0.15, -0.1) is 0 Å². The van der Waals surface area contributed by atoms with Gasteiger partial charge in [0.1, 0.15) is 5.82 Å². The molecule has 1 amide bonds. The molecule has 1 aliphatic rings. The minimum Gasteiger partial charge on any atom is -0.352 e. The van der Waals surface area contributed by atoms with Crippen LogP contribution in [0.1, 0.15) is 23.2 Å². The van der Waals surface area contributed by atoms with Crippen LogP contribution in [0.3, 0.4) is 0 Å². The van der Waals surface area contributed by atoms with Gasteiger partial charge >= 0.3 is 0 Å². The molecule has 1 aromatic carbocycles. The summed E-state index contributed by atoms with van der Waals surface area (Å²) in [6, 6.07) is 6.33. The number of halogens is 3.